The minimum absolute atomic E-state index is 0.0774. The van der Waals surface area contributed by atoms with Crippen molar-refractivity contribution >= 4 is 20.9 Å². The molecular formula is C24H28N6O4S. The lowest BCUT2D eigenvalue weighted by Crippen LogP contribution is -2.50. The molecule has 4 heterocycles. The molecule has 3 aromatic rings. The highest BCUT2D eigenvalue weighted by molar-refractivity contribution is 7.89. The Balaban J connectivity index is 1.25. The molecule has 2 fully saturated rings. The predicted octanol–water partition coefficient (Wildman–Crippen LogP) is 1.45. The molecule has 2 saturated heterocycles. The van der Waals surface area contributed by atoms with Crippen LogP contribution in [-0.2, 0) is 14.8 Å². The number of sulfonamides is 1. The molecule has 2 aliphatic rings. The van der Waals surface area contributed by atoms with Gasteiger partial charge in [-0.25, -0.2) is 8.42 Å². The van der Waals surface area contributed by atoms with Crippen molar-refractivity contribution < 1.29 is 18.3 Å². The molecule has 184 valence electrons. The minimum Gasteiger partial charge on any atom is -0.494 e. The van der Waals surface area contributed by atoms with E-state index in [1.807, 2.05) is 0 Å². The normalized spacial score (nSPS) is 18.6. The zero-order valence-electron chi connectivity index (χ0n) is 19.4. The topological polar surface area (TPSA) is 126 Å². The maximum atomic E-state index is 13.2. The van der Waals surface area contributed by atoms with E-state index in [-0.39, 0.29) is 10.8 Å². The molecule has 1 aromatic carbocycles. The molecule has 2 N–H and O–H groups in total. The van der Waals surface area contributed by atoms with Gasteiger partial charge in [-0.15, -0.1) is 0 Å². The maximum absolute atomic E-state index is 13.2. The summed E-state index contributed by atoms with van der Waals surface area (Å²) in [4.78, 5) is 12.0. The van der Waals surface area contributed by atoms with Crippen molar-refractivity contribution in [1.29, 1.82) is 5.26 Å². The molecule has 5 rings (SSSR count). The van der Waals surface area contributed by atoms with Crippen LogP contribution in [0, 0.1) is 11.3 Å². The predicted molar refractivity (Wildman–Crippen MR) is 130 cm³/mol. The summed E-state index contributed by atoms with van der Waals surface area (Å²) in [5.41, 5.74) is 2.01. The maximum Gasteiger partial charge on any atom is 0.244 e. The Morgan fingerprint density at radius 2 is 1.74 bits per heavy atom. The molecule has 11 heteroatoms. The fourth-order valence-electron chi connectivity index (χ4n) is 4.64. The Morgan fingerprint density at radius 3 is 2.40 bits per heavy atom. The van der Waals surface area contributed by atoms with Crippen LogP contribution in [0.3, 0.4) is 0 Å². The number of nitriles is 1. The Hall–Kier alpha value is -3.01. The van der Waals surface area contributed by atoms with Crippen LogP contribution in [0.5, 0.6) is 5.88 Å². The summed E-state index contributed by atoms with van der Waals surface area (Å²) in [6, 6.07) is 10.3. The first-order valence-electron chi connectivity index (χ1n) is 11.7. The number of H-pyrrole nitrogens is 1. The van der Waals surface area contributed by atoms with Crippen LogP contribution in [0.1, 0.15) is 5.56 Å². The van der Waals surface area contributed by atoms with Crippen molar-refractivity contribution in [2.75, 3.05) is 65.6 Å². The fraction of sp³-hybridized carbons (Fsp3) is 0.417. The molecule has 2 aromatic heterocycles. The summed E-state index contributed by atoms with van der Waals surface area (Å²) in [5, 5.41) is 20.2. The van der Waals surface area contributed by atoms with E-state index in [1.54, 1.807) is 24.3 Å². The highest BCUT2D eigenvalue weighted by Gasteiger charge is 2.29. The summed E-state index contributed by atoms with van der Waals surface area (Å²) >= 11 is 0. The number of fused-ring (bicyclic) bond motifs is 1. The van der Waals surface area contributed by atoms with E-state index in [4.69, 9.17) is 10.00 Å². The molecule has 35 heavy (non-hydrogen) atoms. The molecule has 0 spiro atoms. The molecule has 2 aliphatic heterocycles. The van der Waals surface area contributed by atoms with E-state index in [2.05, 4.69) is 25.8 Å². The first-order chi connectivity index (χ1) is 17.0. The van der Waals surface area contributed by atoms with Gasteiger partial charge in [-0.1, -0.05) is 6.07 Å². The first-order valence-corrected chi connectivity index (χ1v) is 13.1. The monoisotopic (exact) mass is 496 g/mol. The lowest BCUT2D eigenvalue weighted by atomic mass is 10.1. The standard InChI is InChI=1S/C24H28N6O4S/c25-16-18-1-3-20-22(15-18)27-24(31)23(20)21-4-2-19(17-26-21)35(32,33)30-9-7-28(8-10-30)5-6-29-11-13-34-14-12-29/h1-4,15,17,27,31H,5-14H2. The van der Waals surface area contributed by atoms with Crippen LogP contribution >= 0.6 is 0 Å². The molecule has 0 radical (unpaired) electrons. The number of piperazine rings is 1. The van der Waals surface area contributed by atoms with Crippen LogP contribution in [0.15, 0.2) is 41.4 Å². The van der Waals surface area contributed by atoms with E-state index in [0.29, 0.717) is 53.9 Å². The molecule has 0 amide bonds. The van der Waals surface area contributed by atoms with E-state index in [9.17, 15) is 13.5 Å². The smallest absolute Gasteiger partial charge is 0.244 e. The van der Waals surface area contributed by atoms with E-state index >= 15 is 0 Å². The third-order valence-electron chi connectivity index (χ3n) is 6.71. The van der Waals surface area contributed by atoms with Crippen LogP contribution < -0.4 is 0 Å². The van der Waals surface area contributed by atoms with Gasteiger partial charge in [0.1, 0.15) is 4.90 Å². The molecule has 0 atom stereocenters. The van der Waals surface area contributed by atoms with Gasteiger partial charge in [-0.2, -0.15) is 9.57 Å². The average Bonchev–Trinajstić information content (AvgIpc) is 3.23. The van der Waals surface area contributed by atoms with Gasteiger partial charge in [-0.05, 0) is 24.3 Å². The van der Waals surface area contributed by atoms with Gasteiger partial charge >= 0.3 is 0 Å². The Bertz CT molecular complexity index is 1330. The second-order valence-corrected chi connectivity index (χ2v) is 10.7. The molecule has 0 unspecified atom stereocenters. The highest BCUT2D eigenvalue weighted by Crippen LogP contribution is 2.36. The SMILES string of the molecule is N#Cc1ccc2c(-c3ccc(S(=O)(=O)N4CCN(CCN5CCOCC5)CC4)cn3)c(O)[nH]c2c1. The summed E-state index contributed by atoms with van der Waals surface area (Å²) in [5.74, 6) is -0.0774. The van der Waals surface area contributed by atoms with Crippen LogP contribution in [0.4, 0.5) is 0 Å². The number of morpholine rings is 1. The largest absolute Gasteiger partial charge is 0.494 e. The van der Waals surface area contributed by atoms with E-state index in [1.165, 1.54) is 16.6 Å². The number of aromatic nitrogens is 2. The molecule has 0 bridgehead atoms. The lowest BCUT2D eigenvalue weighted by molar-refractivity contribution is 0.0317. The molecule has 10 nitrogen and oxygen atoms in total. The van der Waals surface area contributed by atoms with Crippen molar-refractivity contribution in [3.8, 4) is 23.2 Å². The lowest BCUT2D eigenvalue weighted by Gasteiger charge is -2.35. The minimum atomic E-state index is -3.66. The Kier molecular flexibility index (Phi) is 6.73. The van der Waals surface area contributed by atoms with Gasteiger partial charge in [0.15, 0.2) is 5.88 Å². The van der Waals surface area contributed by atoms with Crippen LogP contribution in [0.2, 0.25) is 0 Å². The third kappa shape index (κ3) is 4.89. The van der Waals surface area contributed by atoms with Gasteiger partial charge in [-0.3, -0.25) is 14.8 Å². The third-order valence-corrected chi connectivity index (χ3v) is 8.59. The molecule has 0 saturated carbocycles. The second kappa shape index (κ2) is 9.93. The first kappa shape index (κ1) is 23.7. The summed E-state index contributed by atoms with van der Waals surface area (Å²) < 4.78 is 33.3. The fourth-order valence-corrected chi connectivity index (χ4v) is 6.01. The molecule has 0 aliphatic carbocycles. The van der Waals surface area contributed by atoms with Crippen molar-refractivity contribution in [3.63, 3.8) is 0 Å². The van der Waals surface area contributed by atoms with Crippen LogP contribution in [-0.4, -0.2) is 103 Å². The van der Waals surface area contributed by atoms with E-state index in [0.717, 1.165) is 39.4 Å². The number of aromatic amines is 1. The Labute approximate surface area is 204 Å². The quantitative estimate of drug-likeness (QED) is 0.525. The number of pyridine rings is 1. The number of hydrogen-bond acceptors (Lipinski definition) is 8. The highest BCUT2D eigenvalue weighted by atomic mass is 32.2. The van der Waals surface area contributed by atoms with Crippen molar-refractivity contribution in [2.24, 2.45) is 0 Å². The van der Waals surface area contributed by atoms with Gasteiger partial charge in [0.05, 0.1) is 41.6 Å². The number of aromatic hydroxyl groups is 1. The second-order valence-electron chi connectivity index (χ2n) is 8.80. The summed E-state index contributed by atoms with van der Waals surface area (Å²) in [7, 11) is -3.66. The zero-order valence-corrected chi connectivity index (χ0v) is 20.2. The number of nitrogens with zero attached hydrogens (tertiary/aromatic N) is 5. The summed E-state index contributed by atoms with van der Waals surface area (Å²) in [6.45, 7) is 7.64. The van der Waals surface area contributed by atoms with Gasteiger partial charge in [0, 0.05) is 63.9 Å². The zero-order chi connectivity index (χ0) is 24.4. The van der Waals surface area contributed by atoms with Gasteiger partial charge < -0.3 is 14.8 Å². The number of benzene rings is 1. The number of ether oxygens (including phenoxy) is 1. The number of nitrogens with one attached hydrogen (secondary N) is 1. The van der Waals surface area contributed by atoms with Crippen molar-refractivity contribution in [2.45, 2.75) is 4.90 Å². The van der Waals surface area contributed by atoms with E-state index < -0.39 is 10.0 Å². The van der Waals surface area contributed by atoms with Gasteiger partial charge in [0.2, 0.25) is 10.0 Å². The Morgan fingerprint density at radius 1 is 1.03 bits per heavy atom. The summed E-state index contributed by atoms with van der Waals surface area (Å²) in [6.07, 6.45) is 1.34. The van der Waals surface area contributed by atoms with Crippen molar-refractivity contribution in [3.05, 3.63) is 42.1 Å². The van der Waals surface area contributed by atoms with Gasteiger partial charge in [0.25, 0.3) is 0 Å². The number of hydrogen-bond donors (Lipinski definition) is 2. The number of rotatable bonds is 6. The van der Waals surface area contributed by atoms with Crippen LogP contribution in [0.25, 0.3) is 22.2 Å². The average molecular weight is 497 g/mol. The molecular weight excluding hydrogens is 468 g/mol. The van der Waals surface area contributed by atoms with Crippen molar-refractivity contribution in [1.82, 2.24) is 24.1 Å².